The summed E-state index contributed by atoms with van der Waals surface area (Å²) in [5.41, 5.74) is 0.698. The molecule has 2 aromatic carbocycles. The van der Waals surface area contributed by atoms with Crippen molar-refractivity contribution in [2.45, 2.75) is 6.18 Å². The first-order chi connectivity index (χ1) is 11.8. The van der Waals surface area contributed by atoms with Crippen molar-refractivity contribution in [1.29, 1.82) is 0 Å². The minimum Gasteiger partial charge on any atom is -0.305 e. The maximum absolute atomic E-state index is 12.7. The predicted molar refractivity (Wildman–Crippen MR) is 88.0 cm³/mol. The standard InChI is InChI=1S/C18H14F3N3O/c1-24-11-10-16(23-24)22-17(25)15-5-3-2-4-14(15)12-6-8-13(9-7-12)18(19,20)21/h2-11H,1H3,(H,22,23,25). The normalized spacial score (nSPS) is 11.4. The quantitative estimate of drug-likeness (QED) is 0.767. The first kappa shape index (κ1) is 16.8. The highest BCUT2D eigenvalue weighted by molar-refractivity contribution is 6.08. The molecule has 3 aromatic rings. The van der Waals surface area contributed by atoms with Crippen LogP contribution in [0.4, 0.5) is 19.0 Å². The number of anilines is 1. The average Bonchev–Trinajstić information content (AvgIpc) is 2.99. The largest absolute Gasteiger partial charge is 0.416 e. The number of carbonyl (C=O) groups is 1. The molecule has 0 spiro atoms. The highest BCUT2D eigenvalue weighted by atomic mass is 19.4. The van der Waals surface area contributed by atoms with Gasteiger partial charge in [-0.3, -0.25) is 9.48 Å². The van der Waals surface area contributed by atoms with Crippen LogP contribution in [-0.2, 0) is 13.2 Å². The number of alkyl halides is 3. The van der Waals surface area contributed by atoms with Crippen molar-refractivity contribution in [3.63, 3.8) is 0 Å². The van der Waals surface area contributed by atoms with E-state index in [0.717, 1.165) is 12.1 Å². The summed E-state index contributed by atoms with van der Waals surface area (Å²) in [6.07, 6.45) is -2.70. The number of benzene rings is 2. The molecule has 0 unspecified atom stereocenters. The van der Waals surface area contributed by atoms with Gasteiger partial charge in [-0.05, 0) is 29.3 Å². The number of carbonyl (C=O) groups excluding carboxylic acids is 1. The molecule has 0 radical (unpaired) electrons. The Bertz CT molecular complexity index is 898. The summed E-state index contributed by atoms with van der Waals surface area (Å²) >= 11 is 0. The lowest BCUT2D eigenvalue weighted by Crippen LogP contribution is -2.13. The maximum atomic E-state index is 12.7. The van der Waals surface area contributed by atoms with Crippen LogP contribution in [0.3, 0.4) is 0 Å². The zero-order valence-corrected chi connectivity index (χ0v) is 13.2. The van der Waals surface area contributed by atoms with E-state index in [4.69, 9.17) is 0 Å². The fraction of sp³-hybridized carbons (Fsp3) is 0.111. The van der Waals surface area contributed by atoms with Gasteiger partial charge in [0.1, 0.15) is 0 Å². The van der Waals surface area contributed by atoms with Gasteiger partial charge in [0.15, 0.2) is 5.82 Å². The number of nitrogens with zero attached hydrogens (tertiary/aromatic N) is 2. The van der Waals surface area contributed by atoms with E-state index in [2.05, 4.69) is 10.4 Å². The molecule has 128 valence electrons. The van der Waals surface area contributed by atoms with Crippen LogP contribution in [0.5, 0.6) is 0 Å². The summed E-state index contributed by atoms with van der Waals surface area (Å²) in [6.45, 7) is 0. The van der Waals surface area contributed by atoms with Crippen molar-refractivity contribution >= 4 is 11.7 Å². The molecule has 25 heavy (non-hydrogen) atoms. The van der Waals surface area contributed by atoms with Crippen LogP contribution < -0.4 is 5.32 Å². The van der Waals surface area contributed by atoms with Crippen molar-refractivity contribution in [3.05, 3.63) is 71.9 Å². The minimum absolute atomic E-state index is 0.355. The molecular weight excluding hydrogens is 331 g/mol. The molecule has 0 saturated heterocycles. The second kappa shape index (κ2) is 6.43. The van der Waals surface area contributed by atoms with Gasteiger partial charge in [0.25, 0.3) is 5.91 Å². The predicted octanol–water partition coefficient (Wildman–Crippen LogP) is 4.36. The summed E-state index contributed by atoms with van der Waals surface area (Å²) in [4.78, 5) is 12.5. The summed E-state index contributed by atoms with van der Waals surface area (Å²) in [6, 6.07) is 13.1. The van der Waals surface area contributed by atoms with Crippen LogP contribution in [0.2, 0.25) is 0 Å². The molecule has 0 fully saturated rings. The second-order valence-corrected chi connectivity index (χ2v) is 5.45. The number of halogens is 3. The van der Waals surface area contributed by atoms with Crippen molar-refractivity contribution in [1.82, 2.24) is 9.78 Å². The van der Waals surface area contributed by atoms with Crippen LogP contribution >= 0.6 is 0 Å². The molecule has 1 amide bonds. The molecule has 3 rings (SSSR count). The fourth-order valence-electron chi connectivity index (χ4n) is 2.44. The highest BCUT2D eigenvalue weighted by Gasteiger charge is 2.30. The fourth-order valence-corrected chi connectivity index (χ4v) is 2.44. The van der Waals surface area contributed by atoms with E-state index in [1.165, 1.54) is 12.1 Å². The Morgan fingerprint density at radius 2 is 1.72 bits per heavy atom. The highest BCUT2D eigenvalue weighted by Crippen LogP contribution is 2.32. The number of hydrogen-bond acceptors (Lipinski definition) is 2. The van der Waals surface area contributed by atoms with Crippen LogP contribution in [0.15, 0.2) is 60.8 Å². The molecule has 7 heteroatoms. The van der Waals surface area contributed by atoms with E-state index in [0.29, 0.717) is 22.5 Å². The third-order valence-corrected chi connectivity index (χ3v) is 3.65. The van der Waals surface area contributed by atoms with E-state index in [1.54, 1.807) is 48.3 Å². The maximum Gasteiger partial charge on any atom is 0.416 e. The lowest BCUT2D eigenvalue weighted by atomic mass is 9.98. The van der Waals surface area contributed by atoms with Crippen LogP contribution in [0.1, 0.15) is 15.9 Å². The second-order valence-electron chi connectivity index (χ2n) is 5.45. The zero-order chi connectivity index (χ0) is 18.0. The molecular formula is C18H14F3N3O. The van der Waals surface area contributed by atoms with Crippen molar-refractivity contribution in [3.8, 4) is 11.1 Å². The molecule has 0 saturated carbocycles. The molecule has 1 aromatic heterocycles. The SMILES string of the molecule is Cn1ccc(NC(=O)c2ccccc2-c2ccc(C(F)(F)F)cc2)n1. The van der Waals surface area contributed by atoms with Gasteiger partial charge in [-0.1, -0.05) is 30.3 Å². The summed E-state index contributed by atoms with van der Waals surface area (Å²) in [5, 5.41) is 6.75. The van der Waals surface area contributed by atoms with Gasteiger partial charge in [0.2, 0.25) is 0 Å². The van der Waals surface area contributed by atoms with Gasteiger partial charge in [0, 0.05) is 24.9 Å². The number of amides is 1. The number of rotatable bonds is 3. The number of aromatic nitrogens is 2. The first-order valence-corrected chi connectivity index (χ1v) is 7.42. The van der Waals surface area contributed by atoms with Gasteiger partial charge in [-0.25, -0.2) is 0 Å². The molecule has 1 N–H and O–H groups in total. The van der Waals surface area contributed by atoms with E-state index in [9.17, 15) is 18.0 Å². The minimum atomic E-state index is -4.39. The Labute approximate surface area is 141 Å². The summed E-state index contributed by atoms with van der Waals surface area (Å²) in [7, 11) is 1.73. The molecule has 0 atom stereocenters. The Morgan fingerprint density at radius 1 is 1.04 bits per heavy atom. The van der Waals surface area contributed by atoms with Crippen molar-refractivity contribution in [2.75, 3.05) is 5.32 Å². The van der Waals surface area contributed by atoms with E-state index < -0.39 is 11.7 Å². The van der Waals surface area contributed by atoms with Crippen LogP contribution in [0, 0.1) is 0 Å². The van der Waals surface area contributed by atoms with E-state index in [1.807, 2.05) is 0 Å². The number of aryl methyl sites for hydroxylation is 1. The Balaban J connectivity index is 1.91. The number of nitrogens with one attached hydrogen (secondary N) is 1. The summed E-state index contributed by atoms with van der Waals surface area (Å²) < 4.78 is 39.7. The molecule has 0 bridgehead atoms. The molecule has 0 aliphatic carbocycles. The Morgan fingerprint density at radius 3 is 2.32 bits per heavy atom. The lowest BCUT2D eigenvalue weighted by molar-refractivity contribution is -0.137. The van der Waals surface area contributed by atoms with Crippen molar-refractivity contribution in [2.24, 2.45) is 7.05 Å². The van der Waals surface area contributed by atoms with Gasteiger partial charge < -0.3 is 5.32 Å². The monoisotopic (exact) mass is 345 g/mol. The smallest absolute Gasteiger partial charge is 0.305 e. The number of hydrogen-bond donors (Lipinski definition) is 1. The molecule has 4 nitrogen and oxygen atoms in total. The third-order valence-electron chi connectivity index (χ3n) is 3.65. The third kappa shape index (κ3) is 3.71. The van der Waals surface area contributed by atoms with Gasteiger partial charge >= 0.3 is 6.18 Å². The van der Waals surface area contributed by atoms with Crippen LogP contribution in [0.25, 0.3) is 11.1 Å². The van der Waals surface area contributed by atoms with Gasteiger partial charge in [-0.2, -0.15) is 18.3 Å². The summed E-state index contributed by atoms with van der Waals surface area (Å²) in [5.74, 6) is 0.0175. The van der Waals surface area contributed by atoms with Gasteiger partial charge in [-0.15, -0.1) is 0 Å². The van der Waals surface area contributed by atoms with Gasteiger partial charge in [0.05, 0.1) is 5.56 Å². The lowest BCUT2D eigenvalue weighted by Gasteiger charge is -2.11. The molecule has 0 aliphatic rings. The van der Waals surface area contributed by atoms with E-state index >= 15 is 0 Å². The molecule has 0 aliphatic heterocycles. The Hall–Kier alpha value is -3.09. The topological polar surface area (TPSA) is 46.9 Å². The van der Waals surface area contributed by atoms with Crippen molar-refractivity contribution < 1.29 is 18.0 Å². The van der Waals surface area contributed by atoms with E-state index in [-0.39, 0.29) is 5.91 Å². The van der Waals surface area contributed by atoms with Crippen LogP contribution in [-0.4, -0.2) is 15.7 Å². The average molecular weight is 345 g/mol. The first-order valence-electron chi connectivity index (χ1n) is 7.42. The molecule has 1 heterocycles. The Kier molecular flexibility index (Phi) is 4.31. The zero-order valence-electron chi connectivity index (χ0n) is 13.2.